The first-order chi connectivity index (χ1) is 9.20. The van der Waals surface area contributed by atoms with Gasteiger partial charge in [0.2, 0.25) is 5.91 Å². The van der Waals surface area contributed by atoms with E-state index in [-0.39, 0.29) is 23.0 Å². The highest BCUT2D eigenvalue weighted by Gasteiger charge is 2.31. The Morgan fingerprint density at radius 1 is 1.20 bits per heavy atom. The molecule has 0 saturated heterocycles. The van der Waals surface area contributed by atoms with E-state index < -0.39 is 0 Å². The highest BCUT2D eigenvalue weighted by Crippen LogP contribution is 2.31. The molecule has 20 heavy (non-hydrogen) atoms. The highest BCUT2D eigenvalue weighted by molar-refractivity contribution is 6.01. The van der Waals surface area contributed by atoms with Crippen LogP contribution in [0.2, 0.25) is 0 Å². The van der Waals surface area contributed by atoms with Gasteiger partial charge in [0.15, 0.2) is 5.78 Å². The molecule has 2 rings (SSSR count). The van der Waals surface area contributed by atoms with Crippen molar-refractivity contribution in [3.8, 4) is 0 Å². The summed E-state index contributed by atoms with van der Waals surface area (Å²) in [4.78, 5) is 26.0. The summed E-state index contributed by atoms with van der Waals surface area (Å²) in [5.74, 6) is -0.0630. The van der Waals surface area contributed by atoms with Gasteiger partial charge in [0.1, 0.15) is 0 Å². The number of carbonyl (C=O) groups excluding carboxylic acids is 2. The molecule has 0 spiro atoms. The van der Waals surface area contributed by atoms with Gasteiger partial charge in [-0.15, -0.1) is 0 Å². The zero-order valence-corrected chi connectivity index (χ0v) is 13.0. The summed E-state index contributed by atoms with van der Waals surface area (Å²) in [5.41, 5.74) is 3.02. The number of amides is 1. The topological polar surface area (TPSA) is 37.4 Å². The fraction of sp³-hybridized carbons (Fsp3) is 0.529. The highest BCUT2D eigenvalue weighted by atomic mass is 16.2. The van der Waals surface area contributed by atoms with Crippen molar-refractivity contribution in [2.75, 3.05) is 14.1 Å². The van der Waals surface area contributed by atoms with Crippen molar-refractivity contribution >= 4 is 11.7 Å². The largest absolute Gasteiger partial charge is 0.349 e. The molecule has 0 heterocycles. The molecule has 1 aliphatic carbocycles. The van der Waals surface area contributed by atoms with E-state index in [1.165, 1.54) is 5.56 Å². The van der Waals surface area contributed by atoms with Gasteiger partial charge in [-0.3, -0.25) is 9.59 Å². The fourth-order valence-corrected chi connectivity index (χ4v) is 2.69. The average molecular weight is 273 g/mol. The molecule has 0 N–H and O–H groups in total. The van der Waals surface area contributed by atoms with Crippen LogP contribution in [0.3, 0.4) is 0 Å². The second-order valence-corrected chi connectivity index (χ2v) is 6.88. The first-order valence-corrected chi connectivity index (χ1v) is 7.08. The number of rotatable bonds is 1. The summed E-state index contributed by atoms with van der Waals surface area (Å²) in [6.45, 7) is 6.42. The summed E-state index contributed by atoms with van der Waals surface area (Å²) in [6, 6.07) is 6.10. The van der Waals surface area contributed by atoms with E-state index in [0.717, 1.165) is 11.1 Å². The van der Waals surface area contributed by atoms with Gasteiger partial charge in [0, 0.05) is 32.0 Å². The van der Waals surface area contributed by atoms with Crippen LogP contribution in [0.5, 0.6) is 0 Å². The van der Waals surface area contributed by atoms with Crippen molar-refractivity contribution in [3.63, 3.8) is 0 Å². The smallest absolute Gasteiger partial charge is 0.225 e. The van der Waals surface area contributed by atoms with Crippen LogP contribution in [0.15, 0.2) is 18.2 Å². The molecule has 1 amide bonds. The Labute approximate surface area is 121 Å². The number of nitrogens with zero attached hydrogens (tertiary/aromatic N) is 1. The predicted octanol–water partition coefficient (Wildman–Crippen LogP) is 2.82. The van der Waals surface area contributed by atoms with Crippen LogP contribution >= 0.6 is 0 Å². The molecule has 1 atom stereocenters. The lowest BCUT2D eigenvalue weighted by Gasteiger charge is -2.27. The zero-order valence-electron chi connectivity index (χ0n) is 13.0. The van der Waals surface area contributed by atoms with E-state index in [4.69, 9.17) is 0 Å². The van der Waals surface area contributed by atoms with Crippen molar-refractivity contribution in [1.82, 2.24) is 4.90 Å². The fourth-order valence-electron chi connectivity index (χ4n) is 2.69. The Kier molecular flexibility index (Phi) is 3.72. The third-order valence-electron chi connectivity index (χ3n) is 3.96. The number of carbonyl (C=O) groups is 2. The molecule has 3 nitrogen and oxygen atoms in total. The molecule has 0 saturated carbocycles. The predicted molar refractivity (Wildman–Crippen MR) is 80.0 cm³/mol. The Hall–Kier alpha value is -1.64. The number of benzene rings is 1. The van der Waals surface area contributed by atoms with Crippen molar-refractivity contribution in [3.05, 3.63) is 34.9 Å². The quantitative estimate of drug-likeness (QED) is 0.789. The van der Waals surface area contributed by atoms with Gasteiger partial charge in [0.25, 0.3) is 0 Å². The number of hydrogen-bond donors (Lipinski definition) is 0. The van der Waals surface area contributed by atoms with Crippen molar-refractivity contribution < 1.29 is 9.59 Å². The van der Waals surface area contributed by atoms with Crippen molar-refractivity contribution in [1.29, 1.82) is 0 Å². The van der Waals surface area contributed by atoms with E-state index in [2.05, 4.69) is 26.8 Å². The Morgan fingerprint density at radius 2 is 1.85 bits per heavy atom. The standard InChI is InChI=1S/C17H23NO2/c1-17(2,3)13-7-6-11-8-12(16(20)18(4)5)9-15(19)14(11)10-13/h6-7,10,12H,8-9H2,1-5H3. The molecule has 0 aliphatic heterocycles. The third kappa shape index (κ3) is 2.77. The molecule has 108 valence electrons. The molecule has 1 aromatic rings. The van der Waals surface area contributed by atoms with E-state index >= 15 is 0 Å². The van der Waals surface area contributed by atoms with E-state index in [1.54, 1.807) is 19.0 Å². The number of Topliss-reactive ketones (excluding diaryl/α,β-unsaturated/α-hetero) is 1. The van der Waals surface area contributed by atoms with Crippen molar-refractivity contribution in [2.45, 2.75) is 39.0 Å². The van der Waals surface area contributed by atoms with Gasteiger partial charge in [-0.05, 0) is 29.0 Å². The first-order valence-electron chi connectivity index (χ1n) is 7.08. The molecule has 0 aromatic heterocycles. The van der Waals surface area contributed by atoms with E-state index in [1.807, 2.05) is 12.1 Å². The summed E-state index contributed by atoms with van der Waals surface area (Å²) in [5, 5.41) is 0. The minimum absolute atomic E-state index is 0.0333. The summed E-state index contributed by atoms with van der Waals surface area (Å²) in [7, 11) is 3.48. The summed E-state index contributed by atoms with van der Waals surface area (Å²) < 4.78 is 0. The van der Waals surface area contributed by atoms with Gasteiger partial charge < -0.3 is 4.90 Å². The second kappa shape index (κ2) is 5.04. The maximum atomic E-state index is 12.3. The van der Waals surface area contributed by atoms with Gasteiger partial charge in [-0.2, -0.15) is 0 Å². The maximum Gasteiger partial charge on any atom is 0.225 e. The van der Waals surface area contributed by atoms with Crippen LogP contribution < -0.4 is 0 Å². The summed E-state index contributed by atoms with van der Waals surface area (Å²) in [6.07, 6.45) is 1.00. The van der Waals surface area contributed by atoms with Gasteiger partial charge in [-0.1, -0.05) is 32.9 Å². The summed E-state index contributed by atoms with van der Waals surface area (Å²) >= 11 is 0. The van der Waals surface area contributed by atoms with Crippen LogP contribution in [0.1, 0.15) is 48.7 Å². The minimum Gasteiger partial charge on any atom is -0.349 e. The van der Waals surface area contributed by atoms with E-state index in [0.29, 0.717) is 12.8 Å². The maximum absolute atomic E-state index is 12.3. The van der Waals surface area contributed by atoms with Crippen LogP contribution in [0.25, 0.3) is 0 Å². The average Bonchev–Trinajstić information content (AvgIpc) is 2.36. The number of ketones is 1. The van der Waals surface area contributed by atoms with Gasteiger partial charge in [0.05, 0.1) is 0 Å². The second-order valence-electron chi connectivity index (χ2n) is 6.88. The Balaban J connectivity index is 2.34. The Bertz CT molecular complexity index is 553. The lowest BCUT2D eigenvalue weighted by Crippen LogP contribution is -2.35. The molecule has 3 heteroatoms. The van der Waals surface area contributed by atoms with Crippen LogP contribution in [0, 0.1) is 5.92 Å². The number of fused-ring (bicyclic) bond motifs is 1. The van der Waals surface area contributed by atoms with Crippen LogP contribution in [0.4, 0.5) is 0 Å². The lowest BCUT2D eigenvalue weighted by molar-refractivity contribution is -0.132. The molecule has 0 fully saturated rings. The molecule has 0 bridgehead atoms. The van der Waals surface area contributed by atoms with Gasteiger partial charge >= 0.3 is 0 Å². The molecule has 1 aromatic carbocycles. The van der Waals surface area contributed by atoms with Gasteiger partial charge in [-0.25, -0.2) is 0 Å². The molecular weight excluding hydrogens is 250 g/mol. The number of hydrogen-bond acceptors (Lipinski definition) is 2. The SMILES string of the molecule is CN(C)C(=O)C1CC(=O)c2cc(C(C)(C)C)ccc2C1. The monoisotopic (exact) mass is 273 g/mol. The van der Waals surface area contributed by atoms with Crippen LogP contribution in [-0.4, -0.2) is 30.7 Å². The molecule has 1 aliphatic rings. The minimum atomic E-state index is -0.203. The first kappa shape index (κ1) is 14.8. The molecule has 1 unspecified atom stereocenters. The van der Waals surface area contributed by atoms with Crippen LogP contribution in [-0.2, 0) is 16.6 Å². The molecular formula is C17H23NO2. The Morgan fingerprint density at radius 3 is 2.40 bits per heavy atom. The third-order valence-corrected chi connectivity index (χ3v) is 3.96. The lowest BCUT2D eigenvalue weighted by atomic mass is 9.78. The van der Waals surface area contributed by atoms with E-state index in [9.17, 15) is 9.59 Å². The normalized spacial score (nSPS) is 18.6. The zero-order chi connectivity index (χ0) is 15.1. The van der Waals surface area contributed by atoms with Crippen molar-refractivity contribution in [2.24, 2.45) is 5.92 Å². The molecule has 0 radical (unpaired) electrons.